The molecule has 3 aromatic carbocycles. The summed E-state index contributed by atoms with van der Waals surface area (Å²) in [6.45, 7) is 3.55. The molecule has 1 atom stereocenters. The summed E-state index contributed by atoms with van der Waals surface area (Å²) in [6, 6.07) is 16.3. The number of piperidine rings is 3. The highest BCUT2D eigenvalue weighted by Crippen LogP contribution is 2.34. The molecule has 1 aromatic heterocycles. The summed E-state index contributed by atoms with van der Waals surface area (Å²) in [4.78, 5) is 28.3. The summed E-state index contributed by atoms with van der Waals surface area (Å²) in [5.74, 6) is -0.561. The zero-order valence-electron chi connectivity index (χ0n) is 22.6. The van der Waals surface area contributed by atoms with Crippen LogP contribution < -0.4 is 15.5 Å². The number of carbonyl (C=O) groups is 1. The van der Waals surface area contributed by atoms with E-state index in [1.165, 1.54) is 44.1 Å². The van der Waals surface area contributed by atoms with Gasteiger partial charge in [0, 0.05) is 52.0 Å². The number of anilines is 2. The molecule has 4 aliphatic rings. The highest BCUT2D eigenvalue weighted by Gasteiger charge is 2.38. The molecule has 212 valence electrons. The van der Waals surface area contributed by atoms with Crippen molar-refractivity contribution in [1.29, 1.82) is 0 Å². The average Bonchev–Trinajstić information content (AvgIpc) is 3.14. The summed E-state index contributed by atoms with van der Waals surface area (Å²) in [6.07, 6.45) is 4.01. The van der Waals surface area contributed by atoms with Crippen molar-refractivity contribution in [2.45, 2.75) is 25.4 Å². The first-order valence-electron chi connectivity index (χ1n) is 14.1. The van der Waals surface area contributed by atoms with E-state index in [1.807, 2.05) is 12.1 Å². The fourth-order valence-corrected chi connectivity index (χ4v) is 6.48. The molecule has 0 saturated carbocycles. The van der Waals surface area contributed by atoms with Crippen LogP contribution in [0.4, 0.5) is 20.4 Å². The van der Waals surface area contributed by atoms with Crippen LogP contribution in [-0.4, -0.2) is 47.3 Å². The molecule has 10 heteroatoms. The number of rotatable bonds is 5. The van der Waals surface area contributed by atoms with Crippen LogP contribution in [0.2, 0.25) is 5.02 Å². The van der Waals surface area contributed by atoms with Crippen molar-refractivity contribution < 1.29 is 18.5 Å². The lowest BCUT2D eigenvalue weighted by molar-refractivity contribution is -0.917. The number of nitrogens with one attached hydrogen (secondary N) is 3. The van der Waals surface area contributed by atoms with Crippen molar-refractivity contribution in [1.82, 2.24) is 15.3 Å². The van der Waals surface area contributed by atoms with Gasteiger partial charge in [0.05, 0.1) is 49.2 Å². The Morgan fingerprint density at radius 2 is 1.74 bits per heavy atom. The van der Waals surface area contributed by atoms with Crippen molar-refractivity contribution in [3.63, 3.8) is 0 Å². The van der Waals surface area contributed by atoms with Crippen LogP contribution in [0.15, 0.2) is 71.9 Å². The minimum Gasteiger partial charge on any atom is -0.343 e. The lowest BCUT2D eigenvalue weighted by atomic mass is 9.84. The van der Waals surface area contributed by atoms with Gasteiger partial charge >= 0.3 is 0 Å². The minimum atomic E-state index is -0.707. The Bertz CT molecular complexity index is 1700. The second-order valence-electron chi connectivity index (χ2n) is 11.1. The van der Waals surface area contributed by atoms with E-state index >= 15 is 0 Å². The summed E-state index contributed by atoms with van der Waals surface area (Å²) in [5.41, 5.74) is 3.70. The number of halogens is 3. The zero-order chi connectivity index (χ0) is 28.8. The van der Waals surface area contributed by atoms with Crippen LogP contribution >= 0.6 is 11.6 Å². The zero-order valence-corrected chi connectivity index (χ0v) is 23.4. The van der Waals surface area contributed by atoms with Crippen molar-refractivity contribution >= 4 is 34.9 Å². The first-order valence-corrected chi connectivity index (χ1v) is 14.5. The molecule has 0 radical (unpaired) electrons. The predicted octanol–water partition coefficient (Wildman–Crippen LogP) is 4.58. The number of aromatic nitrogens is 2. The van der Waals surface area contributed by atoms with Gasteiger partial charge < -0.3 is 15.5 Å². The number of fused-ring (bicyclic) bond motifs is 6. The van der Waals surface area contributed by atoms with Gasteiger partial charge in [-0.2, -0.15) is 0 Å². The maximum atomic E-state index is 14.8. The third-order valence-electron chi connectivity index (χ3n) is 8.50. The van der Waals surface area contributed by atoms with Gasteiger partial charge in [0.1, 0.15) is 11.6 Å². The average molecular weight is 586 g/mol. The Balaban J connectivity index is 1.13. The summed E-state index contributed by atoms with van der Waals surface area (Å²) in [7, 11) is 0. The van der Waals surface area contributed by atoms with E-state index in [1.54, 1.807) is 41.4 Å². The van der Waals surface area contributed by atoms with E-state index in [-0.39, 0.29) is 29.8 Å². The summed E-state index contributed by atoms with van der Waals surface area (Å²) < 4.78 is 29.6. The third kappa shape index (κ3) is 5.03. The van der Waals surface area contributed by atoms with Gasteiger partial charge in [-0.1, -0.05) is 23.7 Å². The highest BCUT2D eigenvalue weighted by atomic mass is 35.5. The molecule has 7 nitrogen and oxygen atoms in total. The van der Waals surface area contributed by atoms with Crippen molar-refractivity contribution in [2.24, 2.45) is 10.9 Å². The fraction of sp³-hybridized carbons (Fsp3) is 0.250. The molecule has 3 saturated heterocycles. The van der Waals surface area contributed by atoms with Gasteiger partial charge in [0.2, 0.25) is 5.95 Å². The number of hydrogen-bond donors (Lipinski definition) is 3. The van der Waals surface area contributed by atoms with Gasteiger partial charge in [-0.25, -0.2) is 18.7 Å². The number of benzene rings is 3. The number of carbonyl (C=O) groups excluding carboxylic acids is 1. The van der Waals surface area contributed by atoms with Gasteiger partial charge in [0.25, 0.3) is 5.91 Å². The molecule has 4 aromatic rings. The summed E-state index contributed by atoms with van der Waals surface area (Å²) >= 11 is 6.32. The quantitative estimate of drug-likeness (QED) is 0.320. The number of aliphatic imine (C=N–C) groups is 1. The van der Waals surface area contributed by atoms with Crippen LogP contribution in [0.25, 0.3) is 11.3 Å². The van der Waals surface area contributed by atoms with Crippen molar-refractivity contribution in [2.75, 3.05) is 25.0 Å². The second-order valence-corrected chi connectivity index (χ2v) is 11.5. The van der Waals surface area contributed by atoms with E-state index in [9.17, 15) is 13.6 Å². The number of quaternary nitrogens is 1. The Labute approximate surface area is 246 Å². The topological polar surface area (TPSA) is 83.7 Å². The molecule has 2 bridgehead atoms. The Morgan fingerprint density at radius 1 is 0.976 bits per heavy atom. The van der Waals surface area contributed by atoms with Gasteiger partial charge in [-0.15, -0.1) is 0 Å². The number of nitrogens with zero attached hydrogens (tertiary/aromatic N) is 3. The van der Waals surface area contributed by atoms with Gasteiger partial charge in [-0.05, 0) is 54.4 Å². The standard InChI is InChI=1S/C32H27ClF2N6O/c33-21-6-9-23-24(14-21)30(28-25(34)2-1-3-26(28)35)36-15-20-16-37-32(40-29(20)23)38-22-7-4-19(5-8-22)31(42)39-27-17-41-12-10-18(27)11-13-41/h1-9,14,16,18,27H,10-13,15,17H2,(H,39,42)(H,37,38,40)/p+1. The largest absolute Gasteiger partial charge is 0.343 e. The van der Waals surface area contributed by atoms with Crippen molar-refractivity contribution in [3.8, 4) is 11.3 Å². The van der Waals surface area contributed by atoms with Crippen LogP contribution in [0.5, 0.6) is 0 Å². The Kier molecular flexibility index (Phi) is 6.91. The fourth-order valence-electron chi connectivity index (χ4n) is 6.31. The second kappa shape index (κ2) is 10.9. The molecule has 5 heterocycles. The predicted molar refractivity (Wildman–Crippen MR) is 157 cm³/mol. The molecule has 1 amide bonds. The first-order chi connectivity index (χ1) is 20.4. The van der Waals surface area contributed by atoms with Crippen LogP contribution in [0.3, 0.4) is 0 Å². The normalized spacial score (nSPS) is 20.6. The van der Waals surface area contributed by atoms with Crippen LogP contribution in [-0.2, 0) is 6.54 Å². The molecule has 42 heavy (non-hydrogen) atoms. The van der Waals surface area contributed by atoms with E-state index < -0.39 is 11.6 Å². The van der Waals surface area contributed by atoms with E-state index in [0.29, 0.717) is 50.5 Å². The van der Waals surface area contributed by atoms with Crippen molar-refractivity contribution in [3.05, 3.63) is 106 Å². The first kappa shape index (κ1) is 26.7. The molecular weight excluding hydrogens is 558 g/mol. The molecular formula is C32H28ClF2N6O+. The SMILES string of the molecule is O=C(NC1C[NH+]2CCC1CC2)c1ccc(Nc2ncc3c(n2)-c2ccc(Cl)cc2C(c2c(F)cccc2F)=NC3)cc1. The molecule has 3 fully saturated rings. The maximum Gasteiger partial charge on any atom is 0.251 e. The molecule has 4 aliphatic heterocycles. The molecule has 8 rings (SSSR count). The van der Waals surface area contributed by atoms with Crippen LogP contribution in [0.1, 0.15) is 39.9 Å². The van der Waals surface area contributed by atoms with Crippen LogP contribution in [0, 0.1) is 17.6 Å². The third-order valence-corrected chi connectivity index (χ3v) is 8.73. The lowest BCUT2D eigenvalue weighted by Crippen LogP contribution is -3.17. The van der Waals surface area contributed by atoms with E-state index in [4.69, 9.17) is 16.6 Å². The summed E-state index contributed by atoms with van der Waals surface area (Å²) in [5, 5.41) is 6.86. The lowest BCUT2D eigenvalue weighted by Gasteiger charge is -2.42. The molecule has 0 aliphatic carbocycles. The Morgan fingerprint density at radius 3 is 2.45 bits per heavy atom. The van der Waals surface area contributed by atoms with E-state index in [2.05, 4.69) is 20.6 Å². The smallest absolute Gasteiger partial charge is 0.251 e. The molecule has 0 spiro atoms. The molecule has 1 unspecified atom stereocenters. The molecule has 3 N–H and O–H groups in total. The maximum absolute atomic E-state index is 14.8. The minimum absolute atomic E-state index is 0.0571. The Hall–Kier alpha value is -4.21. The number of amides is 1. The number of hydrogen-bond acceptors (Lipinski definition) is 5. The monoisotopic (exact) mass is 585 g/mol. The highest BCUT2D eigenvalue weighted by molar-refractivity contribution is 6.31. The van der Waals surface area contributed by atoms with Gasteiger partial charge in [0.15, 0.2) is 0 Å². The van der Waals surface area contributed by atoms with Gasteiger partial charge in [-0.3, -0.25) is 9.79 Å². The van der Waals surface area contributed by atoms with E-state index in [0.717, 1.165) is 6.54 Å².